The van der Waals surface area contributed by atoms with Gasteiger partial charge in [-0.15, -0.1) is 0 Å². The molecule has 0 atom stereocenters. The molecule has 0 aliphatic carbocycles. The van der Waals surface area contributed by atoms with Crippen molar-refractivity contribution < 1.29 is 5.11 Å². The second-order valence-electron chi connectivity index (χ2n) is 4.57. The quantitative estimate of drug-likeness (QED) is 0.780. The Morgan fingerprint density at radius 1 is 0.905 bits per heavy atom. The number of hydrogen-bond donors (Lipinski definition) is 1. The third-order valence-electron chi connectivity index (χ3n) is 3.20. The van der Waals surface area contributed by atoms with Crippen molar-refractivity contribution in [1.82, 2.24) is 4.57 Å². The van der Waals surface area contributed by atoms with Gasteiger partial charge in [0.05, 0.1) is 5.69 Å². The van der Waals surface area contributed by atoms with Gasteiger partial charge in [0.2, 0.25) is 0 Å². The Morgan fingerprint density at radius 2 is 1.48 bits per heavy atom. The van der Waals surface area contributed by atoms with Crippen molar-refractivity contribution in [2.75, 3.05) is 0 Å². The molecule has 1 N–H and O–H groups in total. The van der Waals surface area contributed by atoms with Gasteiger partial charge in [-0.3, -0.25) is 9.36 Å². The van der Waals surface area contributed by atoms with E-state index in [2.05, 4.69) is 0 Å². The zero-order valence-corrected chi connectivity index (χ0v) is 11.8. The van der Waals surface area contributed by atoms with Crippen molar-refractivity contribution in [2.24, 2.45) is 0 Å². The third-order valence-corrected chi connectivity index (χ3v) is 3.57. The van der Waals surface area contributed by atoms with E-state index in [4.69, 9.17) is 11.6 Å². The summed E-state index contributed by atoms with van der Waals surface area (Å²) >= 11 is 6.25. The first-order valence-corrected chi connectivity index (χ1v) is 6.81. The molecule has 3 nitrogen and oxygen atoms in total. The van der Waals surface area contributed by atoms with Gasteiger partial charge >= 0.3 is 0 Å². The molecule has 2 aromatic carbocycles. The van der Waals surface area contributed by atoms with E-state index in [0.29, 0.717) is 11.4 Å². The van der Waals surface area contributed by atoms with Crippen molar-refractivity contribution in [3.05, 3.63) is 82.1 Å². The average Bonchev–Trinajstić information content (AvgIpc) is 2.52. The fraction of sp³-hybridized carbons (Fsp3) is 0. The van der Waals surface area contributed by atoms with Crippen LogP contribution in [0, 0.1) is 0 Å². The zero-order valence-electron chi connectivity index (χ0n) is 11.0. The predicted octanol–water partition coefficient (Wildman–Crippen LogP) is 3.86. The molecule has 0 radical (unpaired) electrons. The maximum atomic E-state index is 12.3. The number of hydrogen-bond acceptors (Lipinski definition) is 2. The number of nitrogens with zero attached hydrogens (tertiary/aromatic N) is 1. The summed E-state index contributed by atoms with van der Waals surface area (Å²) in [7, 11) is 0. The fourth-order valence-corrected chi connectivity index (χ4v) is 2.51. The number of rotatable bonds is 2. The van der Waals surface area contributed by atoms with Gasteiger partial charge in [-0.05, 0) is 12.1 Å². The molecule has 0 fully saturated rings. The van der Waals surface area contributed by atoms with Crippen LogP contribution in [0.3, 0.4) is 0 Å². The molecule has 3 aromatic rings. The number of para-hydroxylation sites is 1. The number of aromatic hydroxyl groups is 1. The number of benzene rings is 2. The van der Waals surface area contributed by atoms with E-state index in [1.165, 1.54) is 4.57 Å². The van der Waals surface area contributed by atoms with E-state index in [1.807, 2.05) is 60.7 Å². The third kappa shape index (κ3) is 2.43. The Kier molecular flexibility index (Phi) is 3.50. The largest absolute Gasteiger partial charge is 0.506 e. The lowest BCUT2D eigenvalue weighted by atomic mass is 10.1. The molecule has 0 aliphatic heterocycles. The molecular formula is C17H12ClNO2. The Balaban J connectivity index is 2.40. The summed E-state index contributed by atoms with van der Waals surface area (Å²) in [5.74, 6) is -0.215. The van der Waals surface area contributed by atoms with Gasteiger partial charge in [0.1, 0.15) is 10.8 Å². The molecule has 4 heteroatoms. The molecule has 0 saturated heterocycles. The molecule has 21 heavy (non-hydrogen) atoms. The highest BCUT2D eigenvalue weighted by Gasteiger charge is 2.16. The molecule has 0 spiro atoms. The Hall–Kier alpha value is -2.52. The molecule has 1 aromatic heterocycles. The van der Waals surface area contributed by atoms with Crippen molar-refractivity contribution in [3.8, 4) is 22.7 Å². The summed E-state index contributed by atoms with van der Waals surface area (Å²) < 4.78 is 1.50. The maximum Gasteiger partial charge on any atom is 0.259 e. The first kappa shape index (κ1) is 13.5. The van der Waals surface area contributed by atoms with E-state index in [-0.39, 0.29) is 16.3 Å². The lowest BCUT2D eigenvalue weighted by Crippen LogP contribution is -2.19. The molecule has 0 aliphatic rings. The minimum absolute atomic E-state index is 0.157. The molecular weight excluding hydrogens is 286 g/mol. The lowest BCUT2D eigenvalue weighted by Gasteiger charge is -2.15. The Morgan fingerprint density at radius 3 is 2.10 bits per heavy atom. The lowest BCUT2D eigenvalue weighted by molar-refractivity contribution is 0.473. The van der Waals surface area contributed by atoms with Crippen molar-refractivity contribution in [1.29, 1.82) is 0 Å². The molecule has 0 amide bonds. The van der Waals surface area contributed by atoms with E-state index in [1.54, 1.807) is 0 Å². The van der Waals surface area contributed by atoms with Gasteiger partial charge in [0.25, 0.3) is 5.56 Å². The molecule has 0 saturated carbocycles. The summed E-state index contributed by atoms with van der Waals surface area (Å²) in [5.41, 5.74) is 1.61. The van der Waals surface area contributed by atoms with E-state index < -0.39 is 0 Å². The van der Waals surface area contributed by atoms with Crippen LogP contribution in [0.25, 0.3) is 16.9 Å². The van der Waals surface area contributed by atoms with Crippen LogP contribution < -0.4 is 5.56 Å². The number of pyridine rings is 1. The Bertz CT molecular complexity index is 827. The number of halogens is 1. The fourth-order valence-electron chi connectivity index (χ4n) is 2.26. The highest BCUT2D eigenvalue weighted by atomic mass is 35.5. The summed E-state index contributed by atoms with van der Waals surface area (Å²) in [5, 5.41) is 10.0. The number of aromatic nitrogens is 1. The van der Waals surface area contributed by atoms with E-state index >= 15 is 0 Å². The minimum atomic E-state index is -0.332. The second kappa shape index (κ2) is 5.46. The predicted molar refractivity (Wildman–Crippen MR) is 84.1 cm³/mol. The van der Waals surface area contributed by atoms with Gasteiger partial charge in [-0.2, -0.15) is 0 Å². The van der Waals surface area contributed by atoms with Crippen molar-refractivity contribution >= 4 is 11.6 Å². The van der Waals surface area contributed by atoms with Crippen LogP contribution in [-0.2, 0) is 0 Å². The summed E-state index contributed by atoms with van der Waals surface area (Å²) in [4.78, 5) is 12.3. The topological polar surface area (TPSA) is 42.2 Å². The van der Waals surface area contributed by atoms with E-state index in [9.17, 15) is 9.90 Å². The maximum absolute atomic E-state index is 12.3. The van der Waals surface area contributed by atoms with Crippen LogP contribution in [0.5, 0.6) is 5.75 Å². The van der Waals surface area contributed by atoms with Crippen LogP contribution in [0.15, 0.2) is 71.5 Å². The van der Waals surface area contributed by atoms with Crippen molar-refractivity contribution in [2.45, 2.75) is 0 Å². The first-order valence-electron chi connectivity index (χ1n) is 6.44. The van der Waals surface area contributed by atoms with Gasteiger partial charge in [0, 0.05) is 17.3 Å². The van der Waals surface area contributed by atoms with Crippen LogP contribution in [0.2, 0.25) is 5.02 Å². The van der Waals surface area contributed by atoms with Gasteiger partial charge in [-0.25, -0.2) is 0 Å². The molecule has 3 rings (SSSR count). The first-order chi connectivity index (χ1) is 10.2. The highest BCUT2D eigenvalue weighted by Crippen LogP contribution is 2.34. The zero-order chi connectivity index (χ0) is 14.8. The van der Waals surface area contributed by atoms with E-state index in [0.717, 1.165) is 11.6 Å². The minimum Gasteiger partial charge on any atom is -0.506 e. The molecule has 1 heterocycles. The highest BCUT2D eigenvalue weighted by molar-refractivity contribution is 6.34. The second-order valence-corrected chi connectivity index (χ2v) is 4.95. The smallest absolute Gasteiger partial charge is 0.259 e. The SMILES string of the molecule is O=c1cc(O)c(Cl)c(-c2ccccc2)n1-c1ccccc1. The van der Waals surface area contributed by atoms with Crippen molar-refractivity contribution in [3.63, 3.8) is 0 Å². The average molecular weight is 298 g/mol. The Labute approximate surface area is 126 Å². The van der Waals surface area contributed by atoms with Crippen LogP contribution >= 0.6 is 11.6 Å². The monoisotopic (exact) mass is 297 g/mol. The summed E-state index contributed by atoms with van der Waals surface area (Å²) in [6, 6.07) is 19.6. The van der Waals surface area contributed by atoms with Crippen LogP contribution in [0.4, 0.5) is 0 Å². The van der Waals surface area contributed by atoms with Gasteiger partial charge < -0.3 is 5.11 Å². The standard InChI is InChI=1S/C17H12ClNO2/c18-16-14(20)11-15(21)19(13-9-5-2-6-10-13)17(16)12-7-3-1-4-8-12/h1-11,20H. The normalized spacial score (nSPS) is 10.5. The summed E-state index contributed by atoms with van der Waals surface area (Å²) in [6.45, 7) is 0. The molecule has 104 valence electrons. The van der Waals surface area contributed by atoms with Crippen LogP contribution in [0.1, 0.15) is 0 Å². The molecule has 0 unspecified atom stereocenters. The summed E-state index contributed by atoms with van der Waals surface area (Å²) in [6.07, 6.45) is 0. The van der Waals surface area contributed by atoms with Crippen LogP contribution in [-0.4, -0.2) is 9.67 Å². The van der Waals surface area contributed by atoms with Gasteiger partial charge in [-0.1, -0.05) is 60.1 Å². The molecule has 0 bridgehead atoms. The van der Waals surface area contributed by atoms with Gasteiger partial charge in [0.15, 0.2) is 0 Å².